The van der Waals surface area contributed by atoms with Crippen LogP contribution in [0.5, 0.6) is 0 Å². The van der Waals surface area contributed by atoms with E-state index in [1.165, 1.54) is 19.2 Å². The van der Waals surface area contributed by atoms with Crippen molar-refractivity contribution < 1.29 is 8.42 Å². The van der Waals surface area contributed by atoms with Gasteiger partial charge in [-0.2, -0.15) is 5.26 Å². The van der Waals surface area contributed by atoms with E-state index in [0.717, 1.165) is 5.69 Å². The number of nitrogens with one attached hydrogen (secondary N) is 1. The van der Waals surface area contributed by atoms with Gasteiger partial charge in [0.1, 0.15) is 0 Å². The van der Waals surface area contributed by atoms with Crippen LogP contribution in [0.4, 0.5) is 11.4 Å². The van der Waals surface area contributed by atoms with Crippen molar-refractivity contribution in [1.29, 1.82) is 5.26 Å². The fourth-order valence-electron chi connectivity index (χ4n) is 1.87. The van der Waals surface area contributed by atoms with Crippen LogP contribution in [0.25, 0.3) is 0 Å². The minimum absolute atomic E-state index is 0.130. The molecule has 7 heteroatoms. The first kappa shape index (κ1) is 16.3. The highest BCUT2D eigenvalue weighted by Gasteiger charge is 2.16. The number of sulfonamides is 1. The predicted octanol–water partition coefficient (Wildman–Crippen LogP) is 1.16. The van der Waals surface area contributed by atoms with Gasteiger partial charge in [0.25, 0.3) is 0 Å². The number of nitrogens with two attached hydrogens (primary N) is 1. The van der Waals surface area contributed by atoms with Crippen LogP contribution < -0.4 is 15.4 Å². The maximum Gasteiger partial charge on any atom is 0.240 e. The van der Waals surface area contributed by atoms with Crippen molar-refractivity contribution in [3.05, 3.63) is 18.2 Å². The number of hydrogen-bond acceptors (Lipinski definition) is 5. The molecule has 0 aliphatic heterocycles. The van der Waals surface area contributed by atoms with E-state index in [2.05, 4.69) is 10.8 Å². The van der Waals surface area contributed by atoms with Crippen LogP contribution in [0.3, 0.4) is 0 Å². The second-order valence-corrected chi connectivity index (χ2v) is 6.38. The molecule has 0 saturated heterocycles. The van der Waals surface area contributed by atoms with Gasteiger partial charge in [0.2, 0.25) is 10.0 Å². The molecule has 0 aliphatic rings. The summed E-state index contributed by atoms with van der Waals surface area (Å²) in [4.78, 5) is 2.09. The summed E-state index contributed by atoms with van der Waals surface area (Å²) in [5, 5.41) is 8.88. The number of nitrogen functional groups attached to an aromatic ring is 1. The number of nitriles is 1. The van der Waals surface area contributed by atoms with Crippen molar-refractivity contribution in [3.63, 3.8) is 0 Å². The third-order valence-electron chi connectivity index (χ3n) is 3.02. The zero-order valence-electron chi connectivity index (χ0n) is 11.9. The molecule has 6 nitrogen and oxygen atoms in total. The molecule has 0 spiro atoms. The summed E-state index contributed by atoms with van der Waals surface area (Å²) in [5.74, 6) is -0.130. The van der Waals surface area contributed by atoms with Crippen LogP contribution in [-0.4, -0.2) is 28.6 Å². The molecule has 110 valence electrons. The van der Waals surface area contributed by atoms with Gasteiger partial charge in [0.05, 0.1) is 28.3 Å². The van der Waals surface area contributed by atoms with E-state index in [9.17, 15) is 8.42 Å². The highest BCUT2D eigenvalue weighted by molar-refractivity contribution is 7.89. The van der Waals surface area contributed by atoms with Gasteiger partial charge in [-0.1, -0.05) is 0 Å². The van der Waals surface area contributed by atoms with Crippen molar-refractivity contribution >= 4 is 21.4 Å². The maximum atomic E-state index is 11.7. The van der Waals surface area contributed by atoms with Crippen LogP contribution in [0, 0.1) is 17.2 Å². The van der Waals surface area contributed by atoms with Gasteiger partial charge < -0.3 is 10.6 Å². The van der Waals surface area contributed by atoms with E-state index in [0.29, 0.717) is 18.8 Å². The summed E-state index contributed by atoms with van der Waals surface area (Å²) >= 11 is 0. The minimum atomic E-state index is -3.50. The maximum absolute atomic E-state index is 11.7. The lowest BCUT2D eigenvalue weighted by atomic mass is 10.1. The lowest BCUT2D eigenvalue weighted by Gasteiger charge is -2.25. The van der Waals surface area contributed by atoms with E-state index >= 15 is 0 Å². The molecule has 1 aromatic carbocycles. The molecule has 0 heterocycles. The Morgan fingerprint density at radius 1 is 1.50 bits per heavy atom. The van der Waals surface area contributed by atoms with Crippen LogP contribution in [0.2, 0.25) is 0 Å². The molecule has 0 bridgehead atoms. The molecule has 0 aromatic heterocycles. The van der Waals surface area contributed by atoms with Crippen LogP contribution in [0.1, 0.15) is 13.8 Å². The molecule has 0 saturated carbocycles. The highest BCUT2D eigenvalue weighted by atomic mass is 32.2. The smallest absolute Gasteiger partial charge is 0.240 e. The predicted molar refractivity (Wildman–Crippen MR) is 79.8 cm³/mol. The van der Waals surface area contributed by atoms with E-state index in [1.54, 1.807) is 6.07 Å². The molecule has 1 rings (SSSR count). The first-order valence-corrected chi connectivity index (χ1v) is 7.81. The van der Waals surface area contributed by atoms with Crippen molar-refractivity contribution in [2.24, 2.45) is 5.92 Å². The Bertz CT molecular complexity index is 607. The van der Waals surface area contributed by atoms with Crippen molar-refractivity contribution in [2.45, 2.75) is 18.7 Å². The van der Waals surface area contributed by atoms with E-state index < -0.39 is 10.0 Å². The summed E-state index contributed by atoms with van der Waals surface area (Å²) < 4.78 is 25.7. The number of rotatable bonds is 6. The molecule has 0 radical (unpaired) electrons. The van der Waals surface area contributed by atoms with Crippen LogP contribution in [0.15, 0.2) is 23.1 Å². The standard InChI is InChI=1S/C13H20N4O2S/c1-4-17(9-10(2)8-14)13-6-5-11(7-12(13)15)20(18,19)16-3/h5-7,10,16H,4,9,15H2,1-3H3. The normalized spacial score (nSPS) is 12.7. The zero-order valence-corrected chi connectivity index (χ0v) is 12.7. The van der Waals surface area contributed by atoms with Gasteiger partial charge in [0, 0.05) is 13.1 Å². The average molecular weight is 296 g/mol. The van der Waals surface area contributed by atoms with Gasteiger partial charge in [-0.15, -0.1) is 0 Å². The topological polar surface area (TPSA) is 99.2 Å². The quantitative estimate of drug-likeness (QED) is 0.767. The Hall–Kier alpha value is -1.78. The summed E-state index contributed by atoms with van der Waals surface area (Å²) in [6.07, 6.45) is 0. The molecule has 3 N–H and O–H groups in total. The Labute approximate surface area is 120 Å². The first-order chi connectivity index (χ1) is 9.35. The molecule has 1 unspecified atom stereocenters. The van der Waals surface area contributed by atoms with E-state index in [-0.39, 0.29) is 10.8 Å². The Balaban J connectivity index is 3.12. The summed E-state index contributed by atoms with van der Waals surface area (Å²) in [6, 6.07) is 6.79. The third kappa shape index (κ3) is 3.62. The molecule has 0 fully saturated rings. The Morgan fingerprint density at radius 2 is 2.15 bits per heavy atom. The van der Waals surface area contributed by atoms with Gasteiger partial charge >= 0.3 is 0 Å². The summed E-state index contributed by atoms with van der Waals surface area (Å²) in [6.45, 7) is 5.03. The largest absolute Gasteiger partial charge is 0.397 e. The SMILES string of the molecule is CCN(CC(C)C#N)c1ccc(S(=O)(=O)NC)cc1N. The van der Waals surface area contributed by atoms with Crippen molar-refractivity contribution in [1.82, 2.24) is 4.72 Å². The monoisotopic (exact) mass is 296 g/mol. The van der Waals surface area contributed by atoms with Gasteiger partial charge in [-0.25, -0.2) is 13.1 Å². The van der Waals surface area contributed by atoms with Crippen LogP contribution >= 0.6 is 0 Å². The van der Waals surface area contributed by atoms with E-state index in [1.807, 2.05) is 18.7 Å². The molecule has 1 aromatic rings. The van der Waals surface area contributed by atoms with Gasteiger partial charge in [-0.3, -0.25) is 0 Å². The molecule has 1 atom stereocenters. The molecule has 0 amide bonds. The fraction of sp³-hybridized carbons (Fsp3) is 0.462. The van der Waals surface area contributed by atoms with Gasteiger partial charge in [-0.05, 0) is 39.1 Å². The Morgan fingerprint density at radius 3 is 2.60 bits per heavy atom. The van der Waals surface area contributed by atoms with Crippen LogP contribution in [-0.2, 0) is 10.0 Å². The number of benzene rings is 1. The average Bonchev–Trinajstić information content (AvgIpc) is 2.44. The fourth-order valence-corrected chi connectivity index (χ4v) is 2.64. The highest BCUT2D eigenvalue weighted by Crippen LogP contribution is 2.26. The second kappa shape index (κ2) is 6.59. The number of nitrogens with zero attached hydrogens (tertiary/aromatic N) is 2. The number of hydrogen-bond donors (Lipinski definition) is 2. The lowest BCUT2D eigenvalue weighted by molar-refractivity contribution is 0.588. The third-order valence-corrected chi connectivity index (χ3v) is 4.43. The zero-order chi connectivity index (χ0) is 15.3. The lowest BCUT2D eigenvalue weighted by Crippen LogP contribution is -2.28. The molecular weight excluding hydrogens is 276 g/mol. The van der Waals surface area contributed by atoms with E-state index in [4.69, 9.17) is 11.0 Å². The van der Waals surface area contributed by atoms with Crippen molar-refractivity contribution in [3.8, 4) is 6.07 Å². The summed E-state index contributed by atoms with van der Waals surface area (Å²) in [7, 11) is -2.14. The van der Waals surface area contributed by atoms with Gasteiger partial charge in [0.15, 0.2) is 0 Å². The first-order valence-electron chi connectivity index (χ1n) is 6.33. The summed E-state index contributed by atoms with van der Waals surface area (Å²) in [5.41, 5.74) is 7.07. The number of anilines is 2. The van der Waals surface area contributed by atoms with Crippen molar-refractivity contribution in [2.75, 3.05) is 30.8 Å². The molecular formula is C13H20N4O2S. The molecule has 0 aliphatic carbocycles. The molecule has 20 heavy (non-hydrogen) atoms. The second-order valence-electron chi connectivity index (χ2n) is 4.50. The minimum Gasteiger partial charge on any atom is -0.397 e. The Kier molecular flexibility index (Phi) is 5.36.